The molecule has 2 heterocycles. The topological polar surface area (TPSA) is 31.1 Å². The van der Waals surface area contributed by atoms with Crippen LogP contribution in [0.5, 0.6) is 0 Å². The normalized spacial score (nSPS) is 29.5. The second kappa shape index (κ2) is 6.64. The highest BCUT2D eigenvalue weighted by atomic mass is 19.1. The number of para-hydroxylation sites is 1. The zero-order valence-electron chi connectivity index (χ0n) is 16.9. The number of aromatic amines is 1. The maximum atomic E-state index is 16.1. The van der Waals surface area contributed by atoms with Gasteiger partial charge < -0.3 is 10.3 Å². The summed E-state index contributed by atoms with van der Waals surface area (Å²) >= 11 is 0. The molecule has 1 aliphatic carbocycles. The molecule has 0 bridgehead atoms. The molecular formula is C24H27F2N3. The number of hydrogen-bond donors (Lipinski definition) is 2. The third-order valence-electron chi connectivity index (χ3n) is 7.23. The third kappa shape index (κ3) is 2.67. The summed E-state index contributed by atoms with van der Waals surface area (Å²) in [5.41, 5.74) is 3.06. The number of fused-ring (bicyclic) bond motifs is 4. The van der Waals surface area contributed by atoms with Crippen LogP contribution in [0.4, 0.5) is 8.78 Å². The van der Waals surface area contributed by atoms with E-state index in [1.165, 1.54) is 23.1 Å². The van der Waals surface area contributed by atoms with Gasteiger partial charge in [-0.1, -0.05) is 30.3 Å². The van der Waals surface area contributed by atoms with E-state index in [1.807, 2.05) is 31.1 Å². The van der Waals surface area contributed by atoms with Crippen molar-refractivity contribution in [1.29, 1.82) is 0 Å². The summed E-state index contributed by atoms with van der Waals surface area (Å²) in [6, 6.07) is 14.8. The van der Waals surface area contributed by atoms with Crippen LogP contribution < -0.4 is 5.32 Å². The highest BCUT2D eigenvalue weighted by Crippen LogP contribution is 2.51. The predicted octanol–water partition coefficient (Wildman–Crippen LogP) is 4.63. The molecule has 1 fully saturated rings. The van der Waals surface area contributed by atoms with Crippen LogP contribution in [0, 0.1) is 5.82 Å². The molecule has 2 aliphatic rings. The minimum absolute atomic E-state index is 0.315. The number of H-pyrrole nitrogens is 1. The Morgan fingerprint density at radius 2 is 1.90 bits per heavy atom. The van der Waals surface area contributed by atoms with Crippen LogP contribution in [0.1, 0.15) is 36.1 Å². The zero-order chi connectivity index (χ0) is 20.2. The maximum absolute atomic E-state index is 16.1. The molecule has 3 nitrogen and oxygen atoms in total. The first-order chi connectivity index (χ1) is 14.0. The van der Waals surface area contributed by atoms with E-state index in [-0.39, 0.29) is 5.82 Å². The summed E-state index contributed by atoms with van der Waals surface area (Å²) in [6.07, 6.45) is 1.59. The zero-order valence-corrected chi connectivity index (χ0v) is 16.9. The summed E-state index contributed by atoms with van der Waals surface area (Å²) < 4.78 is 30.1. The predicted molar refractivity (Wildman–Crippen MR) is 112 cm³/mol. The number of rotatable bonds is 2. The number of aromatic nitrogens is 1. The average Bonchev–Trinajstić information content (AvgIpc) is 3.09. The molecule has 3 aromatic rings. The second-order valence-electron chi connectivity index (χ2n) is 8.78. The Morgan fingerprint density at radius 1 is 1.07 bits per heavy atom. The first-order valence-electron chi connectivity index (χ1n) is 10.4. The first-order valence-corrected chi connectivity index (χ1v) is 10.4. The number of benzene rings is 2. The van der Waals surface area contributed by atoms with Gasteiger partial charge in [0.1, 0.15) is 12.0 Å². The lowest BCUT2D eigenvalue weighted by atomic mass is 9.65. The number of nitrogens with one attached hydrogen (secondary N) is 2. The quantitative estimate of drug-likeness (QED) is 0.663. The number of alkyl halides is 1. The van der Waals surface area contributed by atoms with E-state index in [0.29, 0.717) is 12.8 Å². The summed E-state index contributed by atoms with van der Waals surface area (Å²) in [7, 11) is 3.80. The molecule has 2 aromatic carbocycles. The molecule has 3 unspecified atom stereocenters. The molecule has 0 radical (unpaired) electrons. The van der Waals surface area contributed by atoms with E-state index in [9.17, 15) is 4.39 Å². The molecule has 5 heteroatoms. The van der Waals surface area contributed by atoms with Gasteiger partial charge in [0.05, 0.1) is 11.1 Å². The van der Waals surface area contributed by atoms with Gasteiger partial charge in [0, 0.05) is 29.6 Å². The van der Waals surface area contributed by atoms with Crippen LogP contribution in [0.15, 0.2) is 48.5 Å². The molecule has 1 spiro atoms. The van der Waals surface area contributed by atoms with Gasteiger partial charge in [-0.2, -0.15) is 0 Å². The fourth-order valence-corrected chi connectivity index (χ4v) is 5.75. The van der Waals surface area contributed by atoms with Crippen molar-refractivity contribution in [3.05, 3.63) is 71.2 Å². The van der Waals surface area contributed by atoms with E-state index in [4.69, 9.17) is 0 Å². The van der Waals surface area contributed by atoms with Crippen molar-refractivity contribution >= 4 is 10.9 Å². The van der Waals surface area contributed by atoms with E-state index >= 15 is 4.39 Å². The fraction of sp³-hybridized carbons (Fsp3) is 0.417. The van der Waals surface area contributed by atoms with Crippen LogP contribution in [0.3, 0.4) is 0 Å². The van der Waals surface area contributed by atoms with Crippen molar-refractivity contribution in [2.24, 2.45) is 0 Å². The first kappa shape index (κ1) is 18.8. The van der Waals surface area contributed by atoms with Crippen molar-refractivity contribution in [3.63, 3.8) is 0 Å². The van der Waals surface area contributed by atoms with Gasteiger partial charge in [-0.15, -0.1) is 0 Å². The largest absolute Gasteiger partial charge is 0.357 e. The smallest absolute Gasteiger partial charge is 0.125 e. The Hall–Kier alpha value is -2.24. The average molecular weight is 395 g/mol. The Labute approximate surface area is 170 Å². The van der Waals surface area contributed by atoms with E-state index in [1.54, 1.807) is 6.07 Å². The Bertz CT molecular complexity index is 1060. The monoisotopic (exact) mass is 395 g/mol. The Balaban J connectivity index is 1.58. The van der Waals surface area contributed by atoms with Crippen molar-refractivity contribution in [1.82, 2.24) is 15.2 Å². The summed E-state index contributed by atoms with van der Waals surface area (Å²) in [4.78, 5) is 5.54. The SMILES string of the molecule is CN(C)C1(c2cccc(F)c2)CCC2(CC1F)NCCc1c2[nH]c2ccccc12. The molecule has 5 rings (SSSR count). The van der Waals surface area contributed by atoms with Gasteiger partial charge in [0.15, 0.2) is 0 Å². The molecule has 0 saturated heterocycles. The van der Waals surface area contributed by atoms with Crippen LogP contribution in [0.2, 0.25) is 0 Å². The lowest BCUT2D eigenvalue weighted by Gasteiger charge is -2.53. The van der Waals surface area contributed by atoms with Gasteiger partial charge in [-0.05, 0) is 62.7 Å². The molecule has 152 valence electrons. The van der Waals surface area contributed by atoms with Crippen molar-refractivity contribution < 1.29 is 8.78 Å². The highest BCUT2D eigenvalue weighted by Gasteiger charge is 2.54. The van der Waals surface area contributed by atoms with Gasteiger partial charge >= 0.3 is 0 Å². The van der Waals surface area contributed by atoms with Crippen LogP contribution in [-0.4, -0.2) is 36.7 Å². The van der Waals surface area contributed by atoms with E-state index < -0.39 is 17.2 Å². The summed E-state index contributed by atoms with van der Waals surface area (Å²) in [6.45, 7) is 0.844. The molecule has 3 atom stereocenters. The molecule has 1 aliphatic heterocycles. The van der Waals surface area contributed by atoms with Gasteiger partial charge in [-0.3, -0.25) is 4.90 Å². The van der Waals surface area contributed by atoms with Crippen molar-refractivity contribution in [2.75, 3.05) is 20.6 Å². The second-order valence-corrected chi connectivity index (χ2v) is 8.78. The van der Waals surface area contributed by atoms with E-state index in [0.717, 1.165) is 36.2 Å². The molecule has 1 aromatic heterocycles. The molecule has 1 saturated carbocycles. The van der Waals surface area contributed by atoms with Crippen LogP contribution >= 0.6 is 0 Å². The summed E-state index contributed by atoms with van der Waals surface area (Å²) in [5, 5.41) is 4.90. The van der Waals surface area contributed by atoms with Crippen LogP contribution in [0.25, 0.3) is 10.9 Å². The van der Waals surface area contributed by atoms with Crippen molar-refractivity contribution in [2.45, 2.75) is 42.9 Å². The van der Waals surface area contributed by atoms with Gasteiger partial charge in [-0.25, -0.2) is 8.78 Å². The molecular weight excluding hydrogens is 368 g/mol. The number of halogens is 2. The minimum Gasteiger partial charge on any atom is -0.357 e. The van der Waals surface area contributed by atoms with Crippen LogP contribution in [-0.2, 0) is 17.5 Å². The summed E-state index contributed by atoms with van der Waals surface area (Å²) in [5.74, 6) is -0.315. The molecule has 2 N–H and O–H groups in total. The van der Waals surface area contributed by atoms with Gasteiger partial charge in [0.25, 0.3) is 0 Å². The number of hydrogen-bond acceptors (Lipinski definition) is 2. The Kier molecular flexibility index (Phi) is 4.30. The van der Waals surface area contributed by atoms with Gasteiger partial charge in [0.2, 0.25) is 0 Å². The highest BCUT2D eigenvalue weighted by molar-refractivity contribution is 5.85. The third-order valence-corrected chi connectivity index (χ3v) is 7.23. The van der Waals surface area contributed by atoms with E-state index in [2.05, 4.69) is 28.5 Å². The number of nitrogens with zero attached hydrogens (tertiary/aromatic N) is 1. The Morgan fingerprint density at radius 3 is 2.66 bits per heavy atom. The molecule has 0 amide bonds. The lowest BCUT2D eigenvalue weighted by molar-refractivity contribution is -0.0295. The fourth-order valence-electron chi connectivity index (χ4n) is 5.75. The minimum atomic E-state index is -1.13. The standard InChI is InChI=1S/C24H27F2N3/c1-29(2)24(16-6-5-7-17(25)14-16)12-11-23(15-21(24)26)22-19(10-13-27-23)18-8-3-4-9-20(18)28-22/h3-9,14,21,27-28H,10-13,15H2,1-2H3. The maximum Gasteiger partial charge on any atom is 0.125 e. The lowest BCUT2D eigenvalue weighted by Crippen LogP contribution is -2.60. The van der Waals surface area contributed by atoms with Crippen molar-refractivity contribution in [3.8, 4) is 0 Å². The molecule has 29 heavy (non-hydrogen) atoms.